The lowest BCUT2D eigenvalue weighted by Crippen LogP contribution is -2.17. The first-order valence-electron chi connectivity index (χ1n) is 6.17. The molecule has 0 aliphatic carbocycles. The first-order chi connectivity index (χ1) is 9.43. The second-order valence-electron chi connectivity index (χ2n) is 4.36. The van der Waals surface area contributed by atoms with Crippen LogP contribution in [-0.4, -0.2) is 21.1 Å². The number of hydrogen-bond donors (Lipinski definition) is 1. The molecule has 2 rings (SSSR count). The number of nitrogens with one attached hydrogen (secondary N) is 1. The molecular weight excluding hydrogens is 289 g/mol. The smallest absolute Gasteiger partial charge is 0.332 e. The molecule has 0 atom stereocenters. The Bertz CT molecular complexity index is 574. The Morgan fingerprint density at radius 2 is 2.15 bits per heavy atom. The van der Waals surface area contributed by atoms with E-state index in [2.05, 4.69) is 15.3 Å². The highest BCUT2D eigenvalue weighted by Gasteiger charge is 2.37. The Labute approximate surface area is 118 Å². The fourth-order valence-electron chi connectivity index (χ4n) is 1.74. The molecule has 0 saturated heterocycles. The van der Waals surface area contributed by atoms with Crippen molar-refractivity contribution in [2.24, 2.45) is 7.05 Å². The van der Waals surface area contributed by atoms with E-state index >= 15 is 0 Å². The number of alkyl halides is 3. The van der Waals surface area contributed by atoms with Crippen LogP contribution in [0.15, 0.2) is 12.5 Å². The molecule has 0 aliphatic rings. The van der Waals surface area contributed by atoms with E-state index in [1.54, 1.807) is 17.9 Å². The van der Waals surface area contributed by atoms with Gasteiger partial charge in [-0.1, -0.05) is 6.92 Å². The van der Waals surface area contributed by atoms with Crippen molar-refractivity contribution >= 4 is 11.3 Å². The quantitative estimate of drug-likeness (QED) is 0.863. The monoisotopic (exact) mass is 304 g/mol. The lowest BCUT2D eigenvalue weighted by atomic mass is 10.3. The van der Waals surface area contributed by atoms with Crippen LogP contribution in [0.3, 0.4) is 0 Å². The van der Waals surface area contributed by atoms with E-state index in [9.17, 15) is 13.2 Å². The van der Waals surface area contributed by atoms with Crippen molar-refractivity contribution in [3.8, 4) is 10.7 Å². The highest BCUT2D eigenvalue weighted by Crippen LogP contribution is 2.37. The molecule has 0 unspecified atom stereocenters. The maximum Gasteiger partial charge on any atom is 0.434 e. The predicted molar refractivity (Wildman–Crippen MR) is 71.3 cm³/mol. The molecule has 0 saturated carbocycles. The second kappa shape index (κ2) is 5.92. The van der Waals surface area contributed by atoms with E-state index in [0.717, 1.165) is 17.8 Å². The van der Waals surface area contributed by atoms with Crippen molar-refractivity contribution in [1.82, 2.24) is 19.9 Å². The summed E-state index contributed by atoms with van der Waals surface area (Å²) in [5.74, 6) is 0. The summed E-state index contributed by atoms with van der Waals surface area (Å²) in [5.41, 5.74) is -0.218. The zero-order chi connectivity index (χ0) is 14.8. The molecular formula is C12H15F3N4S. The van der Waals surface area contributed by atoms with Gasteiger partial charge in [-0.2, -0.15) is 13.2 Å². The number of rotatable bonds is 5. The molecule has 2 aromatic rings. The summed E-state index contributed by atoms with van der Waals surface area (Å²) in [5, 5.41) is 3.32. The normalized spacial score (nSPS) is 12.1. The average molecular weight is 304 g/mol. The predicted octanol–water partition coefficient (Wildman–Crippen LogP) is 3.06. The third kappa shape index (κ3) is 3.18. The molecule has 2 heterocycles. The van der Waals surface area contributed by atoms with Crippen LogP contribution in [0.1, 0.15) is 23.9 Å². The molecule has 4 nitrogen and oxygen atoms in total. The van der Waals surface area contributed by atoms with Crippen LogP contribution in [0.2, 0.25) is 0 Å². The molecule has 0 fully saturated rings. The average Bonchev–Trinajstić information content (AvgIpc) is 2.95. The lowest BCUT2D eigenvalue weighted by Gasteiger charge is -2.06. The number of thiazole rings is 1. The van der Waals surface area contributed by atoms with Crippen LogP contribution in [0.4, 0.5) is 13.2 Å². The van der Waals surface area contributed by atoms with E-state index < -0.39 is 11.9 Å². The van der Waals surface area contributed by atoms with E-state index in [4.69, 9.17) is 0 Å². The van der Waals surface area contributed by atoms with E-state index in [-0.39, 0.29) is 11.4 Å². The molecule has 0 bridgehead atoms. The zero-order valence-corrected chi connectivity index (χ0v) is 12.0. The van der Waals surface area contributed by atoms with Gasteiger partial charge in [-0.15, -0.1) is 11.3 Å². The third-order valence-electron chi connectivity index (χ3n) is 2.71. The summed E-state index contributed by atoms with van der Waals surface area (Å²) in [6.45, 7) is 2.82. The summed E-state index contributed by atoms with van der Waals surface area (Å²) in [7, 11) is 1.73. The maximum atomic E-state index is 13.0. The molecule has 110 valence electrons. The van der Waals surface area contributed by atoms with Crippen LogP contribution >= 0.6 is 11.3 Å². The lowest BCUT2D eigenvalue weighted by molar-refractivity contribution is -0.141. The molecule has 20 heavy (non-hydrogen) atoms. The van der Waals surface area contributed by atoms with Gasteiger partial charge in [0.2, 0.25) is 0 Å². The summed E-state index contributed by atoms with van der Waals surface area (Å²) in [4.78, 5) is 7.87. The molecule has 8 heteroatoms. The Morgan fingerprint density at radius 3 is 2.70 bits per heavy atom. The van der Waals surface area contributed by atoms with Crippen LogP contribution in [0, 0.1) is 0 Å². The van der Waals surface area contributed by atoms with Gasteiger partial charge < -0.3 is 9.88 Å². The number of imidazole rings is 1. The van der Waals surface area contributed by atoms with Gasteiger partial charge in [0.25, 0.3) is 0 Å². The van der Waals surface area contributed by atoms with Crippen LogP contribution in [0.25, 0.3) is 10.7 Å². The van der Waals surface area contributed by atoms with Crippen molar-refractivity contribution in [3.05, 3.63) is 23.1 Å². The van der Waals surface area contributed by atoms with Crippen LogP contribution in [-0.2, 0) is 19.8 Å². The summed E-state index contributed by atoms with van der Waals surface area (Å²) in [6, 6.07) is 0. The standard InChI is InChI=1S/C12H15F3N4S/c1-3-4-16-6-9-10(12(13,14)15)18-11(20-9)8-5-17-7-19(8)2/h5,7,16H,3-4,6H2,1-2H3. The fourth-order valence-corrected chi connectivity index (χ4v) is 2.85. The SMILES string of the molecule is CCCNCc1sc(-c2cncn2C)nc1C(F)(F)F. The Kier molecular flexibility index (Phi) is 4.44. The van der Waals surface area contributed by atoms with Gasteiger partial charge in [0.05, 0.1) is 23.1 Å². The van der Waals surface area contributed by atoms with Crippen molar-refractivity contribution in [1.29, 1.82) is 0 Å². The molecule has 0 radical (unpaired) electrons. The topological polar surface area (TPSA) is 42.7 Å². The molecule has 0 aromatic carbocycles. The molecule has 1 N–H and O–H groups in total. The third-order valence-corrected chi connectivity index (χ3v) is 3.79. The van der Waals surface area contributed by atoms with Crippen LogP contribution < -0.4 is 5.32 Å². The summed E-state index contributed by atoms with van der Waals surface area (Å²) in [6.07, 6.45) is -0.507. The minimum atomic E-state index is -4.43. The Balaban J connectivity index is 2.34. The largest absolute Gasteiger partial charge is 0.434 e. The van der Waals surface area contributed by atoms with Crippen molar-refractivity contribution in [2.45, 2.75) is 26.1 Å². The van der Waals surface area contributed by atoms with Crippen LogP contribution in [0.5, 0.6) is 0 Å². The van der Waals surface area contributed by atoms with E-state index in [0.29, 0.717) is 17.2 Å². The number of hydrogen-bond acceptors (Lipinski definition) is 4. The molecule has 0 aliphatic heterocycles. The number of nitrogens with zero attached hydrogens (tertiary/aromatic N) is 3. The van der Waals surface area contributed by atoms with E-state index in [1.807, 2.05) is 6.92 Å². The van der Waals surface area contributed by atoms with Gasteiger partial charge in [0.1, 0.15) is 5.01 Å². The second-order valence-corrected chi connectivity index (χ2v) is 5.44. The minimum Gasteiger partial charge on any atom is -0.332 e. The Morgan fingerprint density at radius 1 is 1.40 bits per heavy atom. The van der Waals surface area contributed by atoms with Gasteiger partial charge in [-0.25, -0.2) is 9.97 Å². The Hall–Kier alpha value is -1.41. The first-order valence-corrected chi connectivity index (χ1v) is 6.99. The fraction of sp³-hybridized carbons (Fsp3) is 0.500. The number of aryl methyl sites for hydroxylation is 1. The van der Waals surface area contributed by atoms with Crippen molar-refractivity contribution < 1.29 is 13.2 Å². The number of halogens is 3. The van der Waals surface area contributed by atoms with Gasteiger partial charge in [0, 0.05) is 13.6 Å². The maximum absolute atomic E-state index is 13.0. The molecule has 0 amide bonds. The van der Waals surface area contributed by atoms with Gasteiger partial charge in [-0.05, 0) is 13.0 Å². The van der Waals surface area contributed by atoms with Gasteiger partial charge in [-0.3, -0.25) is 0 Å². The van der Waals surface area contributed by atoms with Gasteiger partial charge >= 0.3 is 6.18 Å². The summed E-state index contributed by atoms with van der Waals surface area (Å²) >= 11 is 1.05. The first kappa shape index (κ1) is 15.0. The zero-order valence-electron chi connectivity index (χ0n) is 11.2. The highest BCUT2D eigenvalue weighted by molar-refractivity contribution is 7.15. The molecule has 2 aromatic heterocycles. The minimum absolute atomic E-state index is 0.179. The number of aromatic nitrogens is 3. The highest BCUT2D eigenvalue weighted by atomic mass is 32.1. The van der Waals surface area contributed by atoms with Crippen molar-refractivity contribution in [2.75, 3.05) is 6.54 Å². The van der Waals surface area contributed by atoms with Gasteiger partial charge in [0.15, 0.2) is 5.69 Å². The van der Waals surface area contributed by atoms with Crippen molar-refractivity contribution in [3.63, 3.8) is 0 Å². The van der Waals surface area contributed by atoms with E-state index in [1.165, 1.54) is 6.20 Å². The summed E-state index contributed by atoms with van der Waals surface area (Å²) < 4.78 is 40.7. The molecule has 0 spiro atoms.